The van der Waals surface area contributed by atoms with Crippen molar-refractivity contribution in [3.63, 3.8) is 0 Å². The fourth-order valence-corrected chi connectivity index (χ4v) is 2.76. The summed E-state index contributed by atoms with van der Waals surface area (Å²) in [7, 11) is 1.74. The number of hydrogen-bond donors (Lipinski definition) is 1. The summed E-state index contributed by atoms with van der Waals surface area (Å²) >= 11 is 0. The van der Waals surface area contributed by atoms with Gasteiger partial charge >= 0.3 is 6.03 Å². The van der Waals surface area contributed by atoms with Gasteiger partial charge in [-0.15, -0.1) is 0 Å². The number of hydrogen-bond acceptors (Lipinski definition) is 2. The van der Waals surface area contributed by atoms with Crippen molar-refractivity contribution in [1.29, 1.82) is 0 Å². The van der Waals surface area contributed by atoms with E-state index in [0.29, 0.717) is 12.1 Å². The van der Waals surface area contributed by atoms with Crippen LogP contribution in [-0.2, 0) is 6.54 Å². The second kappa shape index (κ2) is 7.58. The molecule has 4 nitrogen and oxygen atoms in total. The molecule has 1 fully saturated rings. The number of nitrogens with one attached hydrogen (secondary N) is 1. The molecule has 0 atom stereocenters. The number of likely N-dealkylation sites (tertiary alicyclic amines) is 1. The van der Waals surface area contributed by atoms with E-state index in [9.17, 15) is 9.18 Å². The van der Waals surface area contributed by atoms with E-state index in [0.717, 1.165) is 38.0 Å². The minimum absolute atomic E-state index is 0.0871. The highest BCUT2D eigenvalue weighted by Crippen LogP contribution is 2.12. The Labute approximate surface area is 132 Å². The van der Waals surface area contributed by atoms with Gasteiger partial charge in [0.2, 0.25) is 0 Å². The predicted molar refractivity (Wildman–Crippen MR) is 86.3 cm³/mol. The van der Waals surface area contributed by atoms with Crippen molar-refractivity contribution >= 4 is 6.03 Å². The molecule has 0 aromatic heterocycles. The maximum atomic E-state index is 13.5. The average molecular weight is 307 g/mol. The van der Waals surface area contributed by atoms with Crippen LogP contribution in [0.1, 0.15) is 30.9 Å². The number of nitrogens with zero attached hydrogens (tertiary/aromatic N) is 2. The number of benzene rings is 1. The van der Waals surface area contributed by atoms with E-state index in [-0.39, 0.29) is 17.9 Å². The van der Waals surface area contributed by atoms with Crippen molar-refractivity contribution in [2.75, 3.05) is 26.7 Å². The largest absolute Gasteiger partial charge is 0.335 e. The fraction of sp³-hybridized carbons (Fsp3) is 0.588. The first kappa shape index (κ1) is 16.7. The molecule has 1 aliphatic heterocycles. The number of halogens is 1. The van der Waals surface area contributed by atoms with Crippen LogP contribution in [0.2, 0.25) is 0 Å². The molecule has 1 aliphatic rings. The summed E-state index contributed by atoms with van der Waals surface area (Å²) in [6.07, 6.45) is 1.99. The quantitative estimate of drug-likeness (QED) is 0.928. The molecule has 0 saturated carbocycles. The molecule has 2 rings (SSSR count). The van der Waals surface area contributed by atoms with Gasteiger partial charge < -0.3 is 15.1 Å². The average Bonchev–Trinajstić information content (AvgIpc) is 2.51. The molecule has 0 aliphatic carbocycles. The first-order valence-electron chi connectivity index (χ1n) is 7.98. The first-order chi connectivity index (χ1) is 10.5. The number of aryl methyl sites for hydroxylation is 1. The van der Waals surface area contributed by atoms with Crippen LogP contribution in [0.25, 0.3) is 0 Å². The Balaban J connectivity index is 1.83. The summed E-state index contributed by atoms with van der Waals surface area (Å²) < 4.78 is 13.5. The van der Waals surface area contributed by atoms with Crippen LogP contribution in [0.4, 0.5) is 9.18 Å². The van der Waals surface area contributed by atoms with E-state index in [1.165, 1.54) is 6.07 Å². The fourth-order valence-electron chi connectivity index (χ4n) is 2.76. The molecule has 0 radical (unpaired) electrons. The van der Waals surface area contributed by atoms with Crippen LogP contribution in [0.5, 0.6) is 0 Å². The van der Waals surface area contributed by atoms with Crippen molar-refractivity contribution in [3.8, 4) is 0 Å². The molecule has 122 valence electrons. The highest BCUT2D eigenvalue weighted by molar-refractivity contribution is 5.74. The second-order valence-electron chi connectivity index (χ2n) is 6.10. The standard InChI is InChI=1S/C17H26FN3O/c1-4-21-9-7-15(8-10-21)19-17(22)20(3)12-14-6-5-13(2)16(18)11-14/h5-6,11,15H,4,7-10,12H2,1-3H3,(H,19,22). The molecule has 0 unspecified atom stereocenters. The Hall–Kier alpha value is -1.62. The third kappa shape index (κ3) is 4.44. The molecule has 5 heteroatoms. The number of urea groups is 1. The van der Waals surface area contributed by atoms with E-state index < -0.39 is 0 Å². The lowest BCUT2D eigenvalue weighted by Crippen LogP contribution is -2.48. The summed E-state index contributed by atoms with van der Waals surface area (Å²) in [6.45, 7) is 7.45. The SMILES string of the molecule is CCN1CCC(NC(=O)N(C)Cc2ccc(C)c(F)c2)CC1. The van der Waals surface area contributed by atoms with Gasteiger partial charge in [0.15, 0.2) is 0 Å². The van der Waals surface area contributed by atoms with Crippen LogP contribution in [0.15, 0.2) is 18.2 Å². The molecule has 1 aromatic rings. The number of carbonyl (C=O) groups is 1. The molecular formula is C17H26FN3O. The molecule has 1 saturated heterocycles. The van der Waals surface area contributed by atoms with Gasteiger partial charge in [-0.25, -0.2) is 9.18 Å². The molecule has 0 bridgehead atoms. The lowest BCUT2D eigenvalue weighted by atomic mass is 10.1. The minimum atomic E-state index is -0.224. The Morgan fingerprint density at radius 3 is 2.68 bits per heavy atom. The van der Waals surface area contributed by atoms with Gasteiger partial charge in [-0.1, -0.05) is 19.1 Å². The maximum absolute atomic E-state index is 13.5. The first-order valence-corrected chi connectivity index (χ1v) is 7.98. The normalized spacial score (nSPS) is 16.5. The molecular weight excluding hydrogens is 281 g/mol. The molecule has 1 heterocycles. The van der Waals surface area contributed by atoms with Crippen LogP contribution < -0.4 is 5.32 Å². The van der Waals surface area contributed by atoms with Gasteiger partial charge in [0, 0.05) is 32.7 Å². The van der Waals surface area contributed by atoms with E-state index >= 15 is 0 Å². The monoisotopic (exact) mass is 307 g/mol. The molecule has 0 spiro atoms. The number of carbonyl (C=O) groups excluding carboxylic acids is 1. The Morgan fingerprint density at radius 1 is 1.41 bits per heavy atom. The summed E-state index contributed by atoms with van der Waals surface area (Å²) in [4.78, 5) is 16.2. The number of piperidine rings is 1. The second-order valence-corrected chi connectivity index (χ2v) is 6.10. The van der Waals surface area contributed by atoms with E-state index in [1.54, 1.807) is 24.9 Å². The van der Waals surface area contributed by atoms with Crippen molar-refractivity contribution < 1.29 is 9.18 Å². The Kier molecular flexibility index (Phi) is 5.77. The number of rotatable bonds is 4. The predicted octanol–water partition coefficient (Wildman–Crippen LogP) is 2.76. The molecule has 2 amide bonds. The van der Waals surface area contributed by atoms with Crippen molar-refractivity contribution in [2.24, 2.45) is 0 Å². The minimum Gasteiger partial charge on any atom is -0.335 e. The summed E-state index contributed by atoms with van der Waals surface area (Å²) in [5, 5.41) is 3.08. The lowest BCUT2D eigenvalue weighted by molar-refractivity contribution is 0.180. The molecule has 1 aromatic carbocycles. The summed E-state index contributed by atoms with van der Waals surface area (Å²) in [5.41, 5.74) is 1.43. The third-order valence-corrected chi connectivity index (χ3v) is 4.37. The Bertz CT molecular complexity index is 513. The zero-order chi connectivity index (χ0) is 16.1. The smallest absolute Gasteiger partial charge is 0.317 e. The van der Waals surface area contributed by atoms with Crippen molar-refractivity contribution in [3.05, 3.63) is 35.1 Å². The van der Waals surface area contributed by atoms with Crippen molar-refractivity contribution in [2.45, 2.75) is 39.3 Å². The van der Waals surface area contributed by atoms with Crippen LogP contribution in [-0.4, -0.2) is 48.6 Å². The summed E-state index contributed by atoms with van der Waals surface area (Å²) in [5.74, 6) is -0.224. The van der Waals surface area contributed by atoms with Gasteiger partial charge in [-0.05, 0) is 43.5 Å². The third-order valence-electron chi connectivity index (χ3n) is 4.37. The molecule has 1 N–H and O–H groups in total. The van der Waals surface area contributed by atoms with Gasteiger partial charge in [0.25, 0.3) is 0 Å². The van der Waals surface area contributed by atoms with Gasteiger partial charge in [-0.3, -0.25) is 0 Å². The van der Waals surface area contributed by atoms with Crippen LogP contribution in [0.3, 0.4) is 0 Å². The van der Waals surface area contributed by atoms with E-state index in [2.05, 4.69) is 17.1 Å². The van der Waals surface area contributed by atoms with Crippen LogP contribution >= 0.6 is 0 Å². The van der Waals surface area contributed by atoms with E-state index in [1.807, 2.05) is 6.07 Å². The summed E-state index contributed by atoms with van der Waals surface area (Å²) in [6, 6.07) is 5.26. The highest BCUT2D eigenvalue weighted by atomic mass is 19.1. The highest BCUT2D eigenvalue weighted by Gasteiger charge is 2.21. The lowest BCUT2D eigenvalue weighted by Gasteiger charge is -2.32. The molecule has 22 heavy (non-hydrogen) atoms. The number of amides is 2. The zero-order valence-corrected chi connectivity index (χ0v) is 13.7. The zero-order valence-electron chi connectivity index (χ0n) is 13.7. The van der Waals surface area contributed by atoms with Gasteiger partial charge in [0.05, 0.1) is 0 Å². The van der Waals surface area contributed by atoms with Gasteiger partial charge in [-0.2, -0.15) is 0 Å². The van der Waals surface area contributed by atoms with Crippen molar-refractivity contribution in [1.82, 2.24) is 15.1 Å². The van der Waals surface area contributed by atoms with Gasteiger partial charge in [0.1, 0.15) is 5.82 Å². The van der Waals surface area contributed by atoms with E-state index in [4.69, 9.17) is 0 Å². The Morgan fingerprint density at radius 2 is 2.09 bits per heavy atom. The maximum Gasteiger partial charge on any atom is 0.317 e. The van der Waals surface area contributed by atoms with Crippen LogP contribution in [0, 0.1) is 12.7 Å². The topological polar surface area (TPSA) is 35.6 Å².